The summed E-state index contributed by atoms with van der Waals surface area (Å²) in [7, 11) is 0. The molecule has 2 aliphatic rings. The minimum Gasteiger partial charge on any atom is -0.249 e. The van der Waals surface area contributed by atoms with Crippen molar-refractivity contribution in [1.29, 1.82) is 0 Å². The first-order valence-corrected chi connectivity index (χ1v) is 8.73. The van der Waals surface area contributed by atoms with Crippen LogP contribution < -0.4 is 0 Å². The lowest BCUT2D eigenvalue weighted by Gasteiger charge is -2.05. The Balaban J connectivity index is 1.59. The second-order valence-corrected chi connectivity index (χ2v) is 7.75. The molecule has 0 N–H and O–H groups in total. The maximum absolute atomic E-state index is 5.93. The zero-order valence-corrected chi connectivity index (χ0v) is 13.3. The van der Waals surface area contributed by atoms with Gasteiger partial charge in [0.2, 0.25) is 0 Å². The second kappa shape index (κ2) is 5.52. The zero-order valence-electron chi connectivity index (χ0n) is 10.9. The molecule has 2 aromatic rings. The van der Waals surface area contributed by atoms with Gasteiger partial charge in [-0.2, -0.15) is 0 Å². The highest BCUT2D eigenvalue weighted by Gasteiger charge is 2.37. The SMILES string of the molecule is Clc1ccc(C2=N[C@@H]3N=C(c4ccccc4)S[C@@H]3S2)cc1. The largest absolute Gasteiger partial charge is 0.249 e. The van der Waals surface area contributed by atoms with E-state index in [0.717, 1.165) is 20.7 Å². The average molecular weight is 331 g/mol. The van der Waals surface area contributed by atoms with Crippen molar-refractivity contribution in [2.45, 2.75) is 10.7 Å². The molecular weight excluding hydrogens is 320 g/mol. The molecule has 0 radical (unpaired) electrons. The van der Waals surface area contributed by atoms with Crippen molar-refractivity contribution in [3.05, 3.63) is 70.7 Å². The van der Waals surface area contributed by atoms with E-state index < -0.39 is 0 Å². The van der Waals surface area contributed by atoms with Crippen molar-refractivity contribution in [3.8, 4) is 0 Å². The number of hydrogen-bond acceptors (Lipinski definition) is 4. The van der Waals surface area contributed by atoms with Gasteiger partial charge < -0.3 is 0 Å². The Kier molecular flexibility index (Phi) is 3.53. The van der Waals surface area contributed by atoms with Crippen molar-refractivity contribution in [1.82, 2.24) is 0 Å². The molecule has 0 aliphatic carbocycles. The van der Waals surface area contributed by atoms with Crippen LogP contribution in [0.1, 0.15) is 11.1 Å². The van der Waals surface area contributed by atoms with Crippen LogP contribution in [0.3, 0.4) is 0 Å². The van der Waals surface area contributed by atoms with Crippen LogP contribution in [-0.2, 0) is 0 Å². The highest BCUT2D eigenvalue weighted by atomic mass is 35.5. The molecule has 0 saturated carbocycles. The fraction of sp³-hybridized carbons (Fsp3) is 0.125. The lowest BCUT2D eigenvalue weighted by molar-refractivity contribution is 0.809. The summed E-state index contributed by atoms with van der Waals surface area (Å²) in [6.45, 7) is 0. The standard InChI is InChI=1S/C16H11ClN2S2/c17-12-8-6-11(7-9-12)15-19-13-16(21-15)20-14(18-13)10-4-2-1-3-5-10/h1-9,13,16H/t13-,16+/m0/s1. The second-order valence-electron chi connectivity index (χ2n) is 4.76. The molecule has 21 heavy (non-hydrogen) atoms. The Morgan fingerprint density at radius 1 is 0.762 bits per heavy atom. The van der Waals surface area contributed by atoms with Crippen LogP contribution in [0.5, 0.6) is 0 Å². The predicted molar refractivity (Wildman–Crippen MR) is 93.7 cm³/mol. The summed E-state index contributed by atoms with van der Waals surface area (Å²) in [5.41, 5.74) is 2.30. The first kappa shape index (κ1) is 13.4. The first-order chi connectivity index (χ1) is 10.3. The average Bonchev–Trinajstić information content (AvgIpc) is 3.07. The summed E-state index contributed by atoms with van der Waals surface area (Å²) in [6, 6.07) is 18.1. The predicted octanol–water partition coefficient (Wildman–Crippen LogP) is 4.68. The fourth-order valence-electron chi connectivity index (χ4n) is 2.28. The van der Waals surface area contributed by atoms with Crippen molar-refractivity contribution in [2.75, 3.05) is 0 Å². The third-order valence-electron chi connectivity index (χ3n) is 3.31. The van der Waals surface area contributed by atoms with Crippen molar-refractivity contribution < 1.29 is 0 Å². The van der Waals surface area contributed by atoms with Crippen LogP contribution in [0.2, 0.25) is 5.02 Å². The molecular formula is C16H11ClN2S2. The molecule has 0 unspecified atom stereocenters. The van der Waals surface area contributed by atoms with Crippen molar-refractivity contribution in [3.63, 3.8) is 0 Å². The third kappa shape index (κ3) is 2.63. The van der Waals surface area contributed by atoms with Crippen molar-refractivity contribution in [2.24, 2.45) is 9.98 Å². The minimum absolute atomic E-state index is 0.0286. The first-order valence-electron chi connectivity index (χ1n) is 6.60. The third-order valence-corrected chi connectivity index (χ3v) is 6.22. The number of fused-ring (bicyclic) bond motifs is 1. The molecule has 2 aromatic carbocycles. The maximum atomic E-state index is 5.93. The molecule has 4 rings (SSSR count). The minimum atomic E-state index is 0.0286. The molecule has 2 heterocycles. The Bertz CT molecular complexity index is 726. The topological polar surface area (TPSA) is 24.7 Å². The van der Waals surface area contributed by atoms with Gasteiger partial charge in [0, 0.05) is 16.1 Å². The smallest absolute Gasteiger partial charge is 0.163 e. The van der Waals surface area contributed by atoms with Crippen LogP contribution in [0, 0.1) is 0 Å². The van der Waals surface area contributed by atoms with Gasteiger partial charge in [-0.3, -0.25) is 0 Å². The van der Waals surface area contributed by atoms with Crippen molar-refractivity contribution >= 4 is 45.2 Å². The molecule has 0 saturated heterocycles. The van der Waals surface area contributed by atoms with Gasteiger partial charge in [0.1, 0.15) is 14.7 Å². The zero-order chi connectivity index (χ0) is 14.2. The summed E-state index contributed by atoms with van der Waals surface area (Å²) >= 11 is 9.53. The quantitative estimate of drug-likeness (QED) is 0.798. The van der Waals surface area contributed by atoms with Gasteiger partial charge in [0.25, 0.3) is 0 Å². The van der Waals surface area contributed by atoms with Crippen LogP contribution in [0.4, 0.5) is 0 Å². The molecule has 104 valence electrons. The van der Waals surface area contributed by atoms with Crippen LogP contribution >= 0.6 is 35.1 Å². The molecule has 2 aliphatic heterocycles. The molecule has 0 fully saturated rings. The molecule has 2 nitrogen and oxygen atoms in total. The summed E-state index contributed by atoms with van der Waals surface area (Å²) < 4.78 is 0.353. The number of nitrogens with zero attached hydrogens (tertiary/aromatic N) is 2. The van der Waals surface area contributed by atoms with Gasteiger partial charge in [0.15, 0.2) is 6.17 Å². The monoisotopic (exact) mass is 330 g/mol. The van der Waals surface area contributed by atoms with E-state index in [2.05, 4.69) is 12.1 Å². The van der Waals surface area contributed by atoms with Gasteiger partial charge in [-0.05, 0) is 12.1 Å². The molecule has 0 spiro atoms. The van der Waals surface area contributed by atoms with E-state index in [1.807, 2.05) is 54.2 Å². The number of thioether (sulfide) groups is 2. The molecule has 0 aromatic heterocycles. The van der Waals surface area contributed by atoms with E-state index in [-0.39, 0.29) is 6.17 Å². The lowest BCUT2D eigenvalue weighted by atomic mass is 10.2. The normalized spacial score (nSPS) is 23.7. The summed E-state index contributed by atoms with van der Waals surface area (Å²) in [6.07, 6.45) is 0.0286. The molecule has 2 atom stereocenters. The number of aliphatic imine (C=N–C) groups is 2. The van der Waals surface area contributed by atoms with E-state index >= 15 is 0 Å². The summed E-state index contributed by atoms with van der Waals surface area (Å²) in [5, 5.41) is 2.91. The summed E-state index contributed by atoms with van der Waals surface area (Å²) in [4.78, 5) is 9.51. The Labute approximate surface area is 136 Å². The van der Waals surface area contributed by atoms with E-state index in [1.54, 1.807) is 11.8 Å². The number of halogens is 1. The lowest BCUT2D eigenvalue weighted by Crippen LogP contribution is -2.03. The fourth-order valence-corrected chi connectivity index (χ4v) is 4.95. The molecule has 0 bridgehead atoms. The molecule has 5 heteroatoms. The van der Waals surface area contributed by atoms with E-state index in [4.69, 9.17) is 21.6 Å². The van der Waals surface area contributed by atoms with Gasteiger partial charge in [-0.25, -0.2) is 9.98 Å². The van der Waals surface area contributed by atoms with Gasteiger partial charge in [-0.15, -0.1) is 0 Å². The maximum Gasteiger partial charge on any atom is 0.163 e. The Hall–Kier alpha value is -1.23. The number of benzene rings is 2. The van der Waals surface area contributed by atoms with Crippen LogP contribution in [0.15, 0.2) is 64.6 Å². The van der Waals surface area contributed by atoms with E-state index in [1.165, 1.54) is 5.56 Å². The van der Waals surface area contributed by atoms with Crippen LogP contribution in [0.25, 0.3) is 0 Å². The Morgan fingerprint density at radius 2 is 1.33 bits per heavy atom. The summed E-state index contributed by atoms with van der Waals surface area (Å²) in [5.74, 6) is 0. The number of rotatable bonds is 2. The molecule has 0 amide bonds. The highest BCUT2D eigenvalue weighted by Crippen LogP contribution is 2.44. The van der Waals surface area contributed by atoms with Gasteiger partial charge in [-0.1, -0.05) is 77.6 Å². The highest BCUT2D eigenvalue weighted by molar-refractivity contribution is 8.31. The van der Waals surface area contributed by atoms with E-state index in [0.29, 0.717) is 4.58 Å². The Morgan fingerprint density at radius 3 is 1.90 bits per heavy atom. The van der Waals surface area contributed by atoms with Gasteiger partial charge in [0.05, 0.1) is 0 Å². The van der Waals surface area contributed by atoms with Gasteiger partial charge >= 0.3 is 0 Å². The van der Waals surface area contributed by atoms with Crippen LogP contribution in [-0.4, -0.2) is 20.8 Å². The van der Waals surface area contributed by atoms with E-state index in [9.17, 15) is 0 Å². The number of hydrogen-bond donors (Lipinski definition) is 0.